The zero-order chi connectivity index (χ0) is 6.86. The van der Waals surface area contributed by atoms with Gasteiger partial charge in [0.15, 0.2) is 0 Å². The molecule has 0 aromatic rings. The molecule has 2 rings (SSSR count). The van der Waals surface area contributed by atoms with E-state index >= 15 is 0 Å². The molecule has 1 spiro atoms. The van der Waals surface area contributed by atoms with Gasteiger partial charge in [0.05, 0.1) is 0 Å². The first kappa shape index (κ1) is 7.10. The Morgan fingerprint density at radius 3 is 1.40 bits per heavy atom. The summed E-state index contributed by atoms with van der Waals surface area (Å²) in [5.41, 5.74) is 0. The molecule has 0 nitrogen and oxygen atoms in total. The Hall–Kier alpha value is 0.430. The van der Waals surface area contributed by atoms with E-state index in [4.69, 9.17) is 0 Å². The summed E-state index contributed by atoms with van der Waals surface area (Å²) in [5.74, 6) is 0. The molecule has 2 fully saturated rings. The second-order valence-electron chi connectivity index (χ2n) is 4.00. The highest BCUT2D eigenvalue weighted by atomic mass is 31.2. The zero-order valence-corrected chi connectivity index (χ0v) is 7.71. The van der Waals surface area contributed by atoms with Gasteiger partial charge < -0.3 is 0 Å². The van der Waals surface area contributed by atoms with Crippen LogP contribution >= 0.6 is 7.26 Å². The maximum atomic E-state index is 1.67. The average molecular weight is 157 g/mol. The van der Waals surface area contributed by atoms with Gasteiger partial charge in [-0.1, -0.05) is 6.42 Å². The Labute approximate surface area is 64.7 Å². The summed E-state index contributed by atoms with van der Waals surface area (Å²) in [5, 5.41) is 0. The Kier molecular flexibility index (Phi) is 2.00. The van der Waals surface area contributed by atoms with E-state index in [9.17, 15) is 0 Å². The van der Waals surface area contributed by atoms with Crippen LogP contribution in [-0.4, -0.2) is 24.6 Å². The van der Waals surface area contributed by atoms with E-state index in [0.717, 1.165) is 0 Å². The predicted octanol–water partition coefficient (Wildman–Crippen LogP) is 2.98. The fourth-order valence-corrected chi connectivity index (χ4v) is 7.56. The lowest BCUT2D eigenvalue weighted by Crippen LogP contribution is -2.10. The highest BCUT2D eigenvalue weighted by Gasteiger charge is 2.31. The third kappa shape index (κ3) is 1.23. The summed E-state index contributed by atoms with van der Waals surface area (Å²) in [6.45, 7) is 0. The average Bonchev–Trinajstić information content (AvgIpc) is 2.39. The summed E-state index contributed by atoms with van der Waals surface area (Å²) in [7, 11) is -0.241. The van der Waals surface area contributed by atoms with Gasteiger partial charge in [0.2, 0.25) is 0 Å². The summed E-state index contributed by atoms with van der Waals surface area (Å²) in [6.07, 6.45) is 14.5. The summed E-state index contributed by atoms with van der Waals surface area (Å²) < 4.78 is 0. The van der Waals surface area contributed by atoms with Gasteiger partial charge in [-0.2, -0.15) is 0 Å². The van der Waals surface area contributed by atoms with Gasteiger partial charge >= 0.3 is 0 Å². The first-order valence-electron chi connectivity index (χ1n) is 4.76. The van der Waals surface area contributed by atoms with Crippen molar-refractivity contribution in [3.63, 3.8) is 0 Å². The zero-order valence-electron chi connectivity index (χ0n) is 6.81. The van der Waals surface area contributed by atoms with Crippen LogP contribution in [0.25, 0.3) is 0 Å². The van der Waals surface area contributed by atoms with Gasteiger partial charge in [0.1, 0.15) is 0 Å². The highest BCUT2D eigenvalue weighted by Crippen LogP contribution is 2.66. The lowest BCUT2D eigenvalue weighted by atomic mass is 10.3. The normalized spacial score (nSPS) is 31.2. The van der Waals surface area contributed by atoms with Crippen LogP contribution in [0.4, 0.5) is 0 Å². The van der Waals surface area contributed by atoms with Crippen molar-refractivity contribution in [2.45, 2.75) is 32.1 Å². The van der Waals surface area contributed by atoms with Gasteiger partial charge in [-0.3, -0.25) is 0 Å². The van der Waals surface area contributed by atoms with Crippen molar-refractivity contribution in [3.8, 4) is 0 Å². The standard InChI is InChI=1S/C9H18P/c1-2-6-10(7-3-1)8-4-5-9-10/h1-9H2. The van der Waals surface area contributed by atoms with Crippen LogP contribution in [0.5, 0.6) is 0 Å². The molecular formula is C9H18P. The van der Waals surface area contributed by atoms with Crippen LogP contribution < -0.4 is 0 Å². The largest absolute Gasteiger partial charge is 0.125 e. The Balaban J connectivity index is 1.98. The van der Waals surface area contributed by atoms with E-state index in [-0.39, 0.29) is 7.26 Å². The number of rotatable bonds is 0. The van der Waals surface area contributed by atoms with E-state index in [0.29, 0.717) is 0 Å². The van der Waals surface area contributed by atoms with Gasteiger partial charge in [0, 0.05) is 0 Å². The first-order chi connectivity index (χ1) is 4.91. The third-order valence-electron chi connectivity index (χ3n) is 3.28. The molecule has 1 heteroatoms. The summed E-state index contributed by atoms with van der Waals surface area (Å²) in [4.78, 5) is 0. The molecule has 0 bridgehead atoms. The van der Waals surface area contributed by atoms with Crippen molar-refractivity contribution in [1.82, 2.24) is 0 Å². The molecule has 0 N–H and O–H groups in total. The molecule has 0 unspecified atom stereocenters. The minimum absolute atomic E-state index is 0.241. The molecule has 0 aromatic carbocycles. The SMILES string of the molecule is C1CC[P]2(CC1)CCCC2. The Bertz CT molecular complexity index is 106. The number of hydrogen-bond donors (Lipinski definition) is 0. The summed E-state index contributed by atoms with van der Waals surface area (Å²) >= 11 is 0. The molecule has 0 aliphatic carbocycles. The fraction of sp³-hybridized carbons (Fsp3) is 1.00. The van der Waals surface area contributed by atoms with Crippen molar-refractivity contribution in [3.05, 3.63) is 0 Å². The molecule has 0 saturated carbocycles. The Morgan fingerprint density at radius 2 is 0.900 bits per heavy atom. The van der Waals surface area contributed by atoms with Crippen molar-refractivity contribution in [2.24, 2.45) is 0 Å². The van der Waals surface area contributed by atoms with E-state index in [1.807, 2.05) is 0 Å². The van der Waals surface area contributed by atoms with Gasteiger partial charge in [-0.25, -0.2) is 0 Å². The van der Waals surface area contributed by atoms with E-state index in [2.05, 4.69) is 0 Å². The molecule has 0 amide bonds. The predicted molar refractivity (Wildman–Crippen MR) is 49.5 cm³/mol. The van der Waals surface area contributed by atoms with Crippen molar-refractivity contribution in [2.75, 3.05) is 24.6 Å². The maximum Gasteiger partial charge on any atom is -0.0359 e. The molecule has 10 heavy (non-hydrogen) atoms. The fourth-order valence-electron chi connectivity index (χ4n) is 2.64. The van der Waals surface area contributed by atoms with E-state index in [1.54, 1.807) is 56.8 Å². The van der Waals surface area contributed by atoms with Crippen LogP contribution in [-0.2, 0) is 0 Å². The topological polar surface area (TPSA) is 0 Å². The third-order valence-corrected chi connectivity index (χ3v) is 8.34. The monoisotopic (exact) mass is 157 g/mol. The molecule has 0 atom stereocenters. The number of hydrogen-bond acceptors (Lipinski definition) is 0. The smallest absolute Gasteiger partial charge is 0.0359 e. The van der Waals surface area contributed by atoms with Gasteiger partial charge in [-0.15, -0.1) is 7.26 Å². The van der Waals surface area contributed by atoms with E-state index < -0.39 is 0 Å². The lowest BCUT2D eigenvalue weighted by Gasteiger charge is -2.35. The molecule has 1 radical (unpaired) electrons. The maximum absolute atomic E-state index is 1.67. The molecule has 2 aliphatic heterocycles. The highest BCUT2D eigenvalue weighted by molar-refractivity contribution is 7.76. The molecule has 2 aliphatic rings. The lowest BCUT2D eigenvalue weighted by molar-refractivity contribution is 0.745. The van der Waals surface area contributed by atoms with Crippen LogP contribution in [0.1, 0.15) is 32.1 Å². The quantitative estimate of drug-likeness (QED) is 0.474. The minimum atomic E-state index is -0.241. The second-order valence-corrected chi connectivity index (χ2v) is 8.48. The molecule has 2 heterocycles. The van der Waals surface area contributed by atoms with Crippen LogP contribution in [0, 0.1) is 0 Å². The van der Waals surface area contributed by atoms with Crippen LogP contribution in [0.2, 0.25) is 0 Å². The summed E-state index contributed by atoms with van der Waals surface area (Å²) in [6, 6.07) is 0. The second kappa shape index (κ2) is 2.81. The minimum Gasteiger partial charge on any atom is -0.125 e. The van der Waals surface area contributed by atoms with Crippen molar-refractivity contribution < 1.29 is 0 Å². The van der Waals surface area contributed by atoms with Crippen LogP contribution in [0.3, 0.4) is 0 Å². The van der Waals surface area contributed by atoms with Crippen molar-refractivity contribution in [1.29, 1.82) is 0 Å². The van der Waals surface area contributed by atoms with Crippen molar-refractivity contribution >= 4 is 7.26 Å². The van der Waals surface area contributed by atoms with Gasteiger partial charge in [-0.05, 0) is 50.3 Å². The van der Waals surface area contributed by atoms with E-state index in [1.165, 1.54) is 0 Å². The Morgan fingerprint density at radius 1 is 0.500 bits per heavy atom. The van der Waals surface area contributed by atoms with Gasteiger partial charge in [0.25, 0.3) is 0 Å². The molecule has 2 saturated heterocycles. The van der Waals surface area contributed by atoms with Crippen LogP contribution in [0.15, 0.2) is 0 Å². The molecule has 59 valence electrons. The first-order valence-corrected chi connectivity index (χ1v) is 7.29. The molecular weight excluding hydrogens is 139 g/mol. The molecule has 0 aromatic heterocycles.